The Balaban J connectivity index is 2.22. The summed E-state index contributed by atoms with van der Waals surface area (Å²) >= 11 is 22.1. The summed E-state index contributed by atoms with van der Waals surface area (Å²) in [6.07, 6.45) is 0.693. The summed E-state index contributed by atoms with van der Waals surface area (Å²) in [5.41, 5.74) is 1.94. The van der Waals surface area contributed by atoms with Crippen molar-refractivity contribution in [2.75, 3.05) is 0 Å². The first-order valence-electron chi connectivity index (χ1n) is 5.40. The van der Waals surface area contributed by atoms with Crippen LogP contribution in [0.2, 0.25) is 10.0 Å². The second-order valence-electron chi connectivity index (χ2n) is 3.93. The van der Waals surface area contributed by atoms with Crippen molar-refractivity contribution in [3.05, 3.63) is 68.1 Å². The maximum absolute atomic E-state index is 6.41. The molecular weight excluding hydrogens is 354 g/mol. The first-order valence-corrected chi connectivity index (χ1v) is 7.39. The lowest BCUT2D eigenvalue weighted by molar-refractivity contribution is 0.920. The minimum Gasteiger partial charge on any atom is -0.117 e. The van der Waals surface area contributed by atoms with Crippen LogP contribution in [-0.2, 0) is 6.42 Å². The van der Waals surface area contributed by atoms with E-state index in [0.717, 1.165) is 15.6 Å². The SMILES string of the molecule is Clc1cccc(Cl)c1C(Cl)Cc1ccc(Br)cc1. The van der Waals surface area contributed by atoms with Gasteiger partial charge in [-0.25, -0.2) is 0 Å². The highest BCUT2D eigenvalue weighted by atomic mass is 79.9. The quantitative estimate of drug-likeness (QED) is 0.562. The van der Waals surface area contributed by atoms with Gasteiger partial charge in [-0.05, 0) is 36.2 Å². The first-order chi connectivity index (χ1) is 8.58. The predicted molar refractivity (Wildman–Crippen MR) is 82.9 cm³/mol. The molecule has 0 aliphatic heterocycles. The molecule has 4 heteroatoms. The van der Waals surface area contributed by atoms with Crippen LogP contribution in [0.25, 0.3) is 0 Å². The summed E-state index contributed by atoms with van der Waals surface area (Å²) in [6, 6.07) is 13.5. The van der Waals surface area contributed by atoms with Gasteiger partial charge in [0.25, 0.3) is 0 Å². The van der Waals surface area contributed by atoms with E-state index >= 15 is 0 Å². The average molecular weight is 364 g/mol. The van der Waals surface area contributed by atoms with Crippen LogP contribution in [0.4, 0.5) is 0 Å². The molecule has 2 aromatic rings. The maximum Gasteiger partial charge on any atom is 0.0654 e. The van der Waals surface area contributed by atoms with Gasteiger partial charge in [0.2, 0.25) is 0 Å². The van der Waals surface area contributed by atoms with Crippen LogP contribution in [0.5, 0.6) is 0 Å². The molecule has 0 spiro atoms. The van der Waals surface area contributed by atoms with Crippen molar-refractivity contribution < 1.29 is 0 Å². The van der Waals surface area contributed by atoms with Crippen LogP contribution in [0.1, 0.15) is 16.5 Å². The molecular formula is C14H10BrCl3. The van der Waals surface area contributed by atoms with Crippen molar-refractivity contribution in [3.63, 3.8) is 0 Å². The van der Waals surface area contributed by atoms with Gasteiger partial charge in [-0.3, -0.25) is 0 Å². The van der Waals surface area contributed by atoms with E-state index < -0.39 is 0 Å². The summed E-state index contributed by atoms with van der Waals surface area (Å²) in [6.45, 7) is 0. The molecule has 1 atom stereocenters. The highest BCUT2D eigenvalue weighted by molar-refractivity contribution is 9.10. The van der Waals surface area contributed by atoms with E-state index in [9.17, 15) is 0 Å². The van der Waals surface area contributed by atoms with Gasteiger partial charge in [-0.2, -0.15) is 0 Å². The van der Waals surface area contributed by atoms with Crippen molar-refractivity contribution in [1.82, 2.24) is 0 Å². The Labute approximate surface area is 130 Å². The molecule has 0 saturated carbocycles. The molecule has 0 N–H and O–H groups in total. The number of hydrogen-bond donors (Lipinski definition) is 0. The van der Waals surface area contributed by atoms with E-state index in [1.807, 2.05) is 30.3 Å². The van der Waals surface area contributed by atoms with Gasteiger partial charge in [0.15, 0.2) is 0 Å². The fraction of sp³-hybridized carbons (Fsp3) is 0.143. The van der Waals surface area contributed by atoms with Crippen molar-refractivity contribution in [2.45, 2.75) is 11.8 Å². The minimum absolute atomic E-state index is 0.229. The van der Waals surface area contributed by atoms with Gasteiger partial charge >= 0.3 is 0 Å². The Bertz CT molecular complexity index is 517. The fourth-order valence-electron chi connectivity index (χ4n) is 1.74. The highest BCUT2D eigenvalue weighted by Gasteiger charge is 2.16. The Morgan fingerprint density at radius 2 is 1.50 bits per heavy atom. The molecule has 0 amide bonds. The standard InChI is InChI=1S/C14H10BrCl3/c15-10-6-4-9(5-7-10)8-13(18)14-11(16)2-1-3-12(14)17/h1-7,13H,8H2. The van der Waals surface area contributed by atoms with E-state index in [2.05, 4.69) is 15.9 Å². The molecule has 0 aromatic heterocycles. The number of benzene rings is 2. The number of halogens is 4. The van der Waals surface area contributed by atoms with E-state index in [0.29, 0.717) is 16.5 Å². The van der Waals surface area contributed by atoms with Crippen LogP contribution in [0, 0.1) is 0 Å². The van der Waals surface area contributed by atoms with Crippen molar-refractivity contribution in [2.24, 2.45) is 0 Å². The lowest BCUT2D eigenvalue weighted by Crippen LogP contribution is -1.98. The zero-order valence-electron chi connectivity index (χ0n) is 9.34. The zero-order chi connectivity index (χ0) is 13.1. The van der Waals surface area contributed by atoms with Crippen molar-refractivity contribution >= 4 is 50.7 Å². The van der Waals surface area contributed by atoms with Gasteiger partial charge in [0, 0.05) is 20.1 Å². The summed E-state index contributed by atoms with van der Waals surface area (Å²) in [5.74, 6) is 0. The predicted octanol–water partition coefficient (Wildman–Crippen LogP) is 6.28. The monoisotopic (exact) mass is 362 g/mol. The normalized spacial score (nSPS) is 12.4. The summed E-state index contributed by atoms with van der Waals surface area (Å²) in [7, 11) is 0. The molecule has 0 saturated heterocycles. The van der Waals surface area contributed by atoms with Crippen molar-refractivity contribution in [1.29, 1.82) is 0 Å². The smallest absolute Gasteiger partial charge is 0.0654 e. The first kappa shape index (κ1) is 14.2. The highest BCUT2D eigenvalue weighted by Crippen LogP contribution is 2.36. The second kappa shape index (κ2) is 6.29. The number of hydrogen-bond acceptors (Lipinski definition) is 0. The molecule has 94 valence electrons. The van der Waals surface area contributed by atoms with Gasteiger partial charge in [-0.1, -0.05) is 57.3 Å². The molecule has 0 nitrogen and oxygen atoms in total. The van der Waals surface area contributed by atoms with Crippen LogP contribution >= 0.6 is 50.7 Å². The summed E-state index contributed by atoms with van der Waals surface area (Å²) in [5, 5.41) is 0.992. The van der Waals surface area contributed by atoms with E-state index in [1.165, 1.54) is 0 Å². The molecule has 18 heavy (non-hydrogen) atoms. The second-order valence-corrected chi connectivity index (χ2v) is 6.19. The molecule has 2 aromatic carbocycles. The maximum atomic E-state index is 6.41. The summed E-state index contributed by atoms with van der Waals surface area (Å²) < 4.78 is 1.05. The summed E-state index contributed by atoms with van der Waals surface area (Å²) in [4.78, 5) is 0. The minimum atomic E-state index is -0.229. The van der Waals surface area contributed by atoms with E-state index in [1.54, 1.807) is 12.1 Å². The third kappa shape index (κ3) is 3.42. The van der Waals surface area contributed by atoms with Crippen LogP contribution in [0.3, 0.4) is 0 Å². The largest absolute Gasteiger partial charge is 0.117 e. The Hall–Kier alpha value is -0.210. The Morgan fingerprint density at radius 3 is 2.06 bits per heavy atom. The van der Waals surface area contributed by atoms with Gasteiger partial charge < -0.3 is 0 Å². The topological polar surface area (TPSA) is 0 Å². The van der Waals surface area contributed by atoms with Crippen LogP contribution < -0.4 is 0 Å². The molecule has 0 fully saturated rings. The lowest BCUT2D eigenvalue weighted by Gasteiger charge is -2.13. The molecule has 0 heterocycles. The zero-order valence-corrected chi connectivity index (χ0v) is 13.2. The van der Waals surface area contributed by atoms with Crippen LogP contribution in [0.15, 0.2) is 46.9 Å². The molecule has 0 radical (unpaired) electrons. The van der Waals surface area contributed by atoms with Crippen molar-refractivity contribution in [3.8, 4) is 0 Å². The molecule has 0 bridgehead atoms. The van der Waals surface area contributed by atoms with Gasteiger partial charge in [-0.15, -0.1) is 11.6 Å². The van der Waals surface area contributed by atoms with Gasteiger partial charge in [0.05, 0.1) is 5.38 Å². The average Bonchev–Trinajstić information content (AvgIpc) is 2.32. The lowest BCUT2D eigenvalue weighted by atomic mass is 10.0. The molecule has 1 unspecified atom stereocenters. The van der Waals surface area contributed by atoms with Gasteiger partial charge in [0.1, 0.15) is 0 Å². The molecule has 0 aliphatic rings. The number of alkyl halides is 1. The molecule has 2 rings (SSSR count). The Morgan fingerprint density at radius 1 is 0.944 bits per heavy atom. The number of rotatable bonds is 3. The third-order valence-corrected chi connectivity index (χ3v) is 4.20. The van der Waals surface area contributed by atoms with E-state index in [4.69, 9.17) is 34.8 Å². The fourth-order valence-corrected chi connectivity index (χ4v) is 3.19. The molecule has 0 aliphatic carbocycles. The third-order valence-electron chi connectivity index (χ3n) is 2.64. The van der Waals surface area contributed by atoms with Crippen LogP contribution in [-0.4, -0.2) is 0 Å². The van der Waals surface area contributed by atoms with E-state index in [-0.39, 0.29) is 5.38 Å². The Kier molecular flexibility index (Phi) is 4.97.